The second kappa shape index (κ2) is 24.1. The van der Waals surface area contributed by atoms with Crippen molar-refractivity contribution < 1.29 is 70.1 Å². The predicted octanol–water partition coefficient (Wildman–Crippen LogP) is 13.8. The van der Waals surface area contributed by atoms with Crippen molar-refractivity contribution in [2.75, 3.05) is 0 Å². The summed E-state index contributed by atoms with van der Waals surface area (Å²) in [7, 11) is 0. The molecule has 2 N–H and O–H groups in total. The summed E-state index contributed by atoms with van der Waals surface area (Å²) in [4.78, 5) is 46.2. The Morgan fingerprint density at radius 2 is 0.953 bits per heavy atom. The van der Waals surface area contributed by atoms with Gasteiger partial charge in [-0.05, 0) is 116 Å². The fraction of sp³-hybridized carbons (Fsp3) is 0.0606. The number of carboxylic acid groups (broad SMARTS) is 2. The van der Waals surface area contributed by atoms with Crippen molar-refractivity contribution in [3.63, 3.8) is 0 Å². The molecule has 86 heavy (non-hydrogen) atoms. The smallest absolute Gasteiger partial charge is 0.481 e. The molecule has 0 aliphatic carbocycles. The molecule has 16 rings (SSSR count). The summed E-state index contributed by atoms with van der Waals surface area (Å²) in [5, 5.41) is 30.5. The Labute approximate surface area is 516 Å². The molecular formula is C66H46N12O6Pd2. The average molecular weight is 1320 g/mol. The number of hydrogen-bond donors (Lipinski definition) is 2. The number of nitrogens with zero attached hydrogens (tertiary/aromatic N) is 12. The van der Waals surface area contributed by atoms with Crippen molar-refractivity contribution in [1.29, 1.82) is 0 Å². The zero-order chi connectivity index (χ0) is 57.6. The monoisotopic (exact) mass is 1310 g/mol. The molecule has 0 spiro atoms. The minimum absolute atomic E-state index is 0. The second-order valence-corrected chi connectivity index (χ2v) is 19.5. The summed E-state index contributed by atoms with van der Waals surface area (Å²) in [5.74, 6) is 2.24. The molecule has 0 fully saturated rings. The summed E-state index contributed by atoms with van der Waals surface area (Å²) in [6.07, 6.45) is 7.18. The van der Waals surface area contributed by atoms with Gasteiger partial charge in [-0.15, -0.1) is 17.5 Å². The zero-order valence-corrected chi connectivity index (χ0v) is 49.1. The van der Waals surface area contributed by atoms with E-state index in [1.54, 1.807) is 18.6 Å². The van der Waals surface area contributed by atoms with Gasteiger partial charge in [0.1, 0.15) is 22.9 Å². The molecule has 16 aromatic rings. The SMILES string of the molecule is CC(=O)O.CC(=O)O.Cc1[c-]c2c3nc(Oc4[c-]c5c(cc4)c4ccccc4n5-c4ccccn4)ccc3c3ncccc3n2n1.Cc1cc2c3nc(Oc4ccc5c6ccccc6n(-c6ccccn6)c5c4)ccc3c3ncccc3n2n1.[Pd+2].[Pd]. The van der Waals surface area contributed by atoms with E-state index in [0.29, 0.717) is 23.3 Å². The molecule has 0 bridgehead atoms. The van der Waals surface area contributed by atoms with Crippen LogP contribution >= 0.6 is 0 Å². The van der Waals surface area contributed by atoms with Crippen LogP contribution in [0.25, 0.3) is 110 Å². The quantitative estimate of drug-likeness (QED) is 0.0900. The first kappa shape index (κ1) is 57.5. The van der Waals surface area contributed by atoms with Crippen LogP contribution in [0.5, 0.6) is 23.3 Å². The van der Waals surface area contributed by atoms with E-state index in [4.69, 9.17) is 39.2 Å². The molecule has 4 aromatic carbocycles. The average Bonchev–Trinajstić information content (AvgIpc) is 2.21. The van der Waals surface area contributed by atoms with E-state index >= 15 is 0 Å². The fourth-order valence-electron chi connectivity index (χ4n) is 10.6. The van der Waals surface area contributed by atoms with Gasteiger partial charge in [-0.2, -0.15) is 22.3 Å². The number of hydrogen-bond acceptors (Lipinski definition) is 12. The number of aliphatic carboxylic acids is 2. The van der Waals surface area contributed by atoms with Crippen LogP contribution in [0.4, 0.5) is 0 Å². The third kappa shape index (κ3) is 10.8. The van der Waals surface area contributed by atoms with Crippen LogP contribution in [0.15, 0.2) is 195 Å². The van der Waals surface area contributed by atoms with Crippen molar-refractivity contribution >= 4 is 110 Å². The van der Waals surface area contributed by atoms with Gasteiger partial charge in [-0.25, -0.2) is 19.5 Å². The maximum absolute atomic E-state index is 9.00. The first-order valence-corrected chi connectivity index (χ1v) is 26.5. The van der Waals surface area contributed by atoms with Gasteiger partial charge in [0.2, 0.25) is 5.88 Å². The maximum atomic E-state index is 9.00. The van der Waals surface area contributed by atoms with Crippen LogP contribution < -0.4 is 9.47 Å². The predicted molar refractivity (Wildman–Crippen MR) is 323 cm³/mol. The van der Waals surface area contributed by atoms with Crippen molar-refractivity contribution in [2.24, 2.45) is 0 Å². The molecule has 0 saturated heterocycles. The molecule has 0 atom stereocenters. The molecule has 20 heteroatoms. The third-order valence-corrected chi connectivity index (χ3v) is 13.7. The molecule has 426 valence electrons. The van der Waals surface area contributed by atoms with E-state index in [1.807, 2.05) is 144 Å². The van der Waals surface area contributed by atoms with Gasteiger partial charge in [0.05, 0.1) is 44.3 Å². The first-order chi connectivity index (χ1) is 40.9. The van der Waals surface area contributed by atoms with Gasteiger partial charge in [0, 0.05) is 98.6 Å². The Bertz CT molecular complexity index is 4910. The molecule has 18 nitrogen and oxygen atoms in total. The van der Waals surface area contributed by atoms with Gasteiger partial charge < -0.3 is 29.2 Å². The number of fused-ring (bicyclic) bond motifs is 18. The Morgan fingerprint density at radius 1 is 0.442 bits per heavy atom. The molecule has 0 saturated carbocycles. The summed E-state index contributed by atoms with van der Waals surface area (Å²) >= 11 is 0. The summed E-state index contributed by atoms with van der Waals surface area (Å²) in [6.45, 7) is 6.07. The normalized spacial score (nSPS) is 11.0. The van der Waals surface area contributed by atoms with Gasteiger partial charge in [0.15, 0.2) is 5.88 Å². The number of carboxylic acids is 2. The van der Waals surface area contributed by atoms with Crippen LogP contribution in [-0.4, -0.2) is 80.4 Å². The molecule has 0 radical (unpaired) electrons. The van der Waals surface area contributed by atoms with Crippen LogP contribution in [-0.2, 0) is 50.4 Å². The van der Waals surface area contributed by atoms with Gasteiger partial charge in [-0.3, -0.25) is 28.6 Å². The van der Waals surface area contributed by atoms with Crippen LogP contribution in [0.3, 0.4) is 0 Å². The zero-order valence-electron chi connectivity index (χ0n) is 46.0. The number of benzene rings is 4. The van der Waals surface area contributed by atoms with E-state index in [1.165, 1.54) is 5.39 Å². The number of para-hydroxylation sites is 2. The number of carbonyl (C=O) groups is 2. The van der Waals surface area contributed by atoms with Gasteiger partial charge in [0.25, 0.3) is 11.9 Å². The number of ether oxygens (including phenoxy) is 2. The molecule has 0 unspecified atom stereocenters. The van der Waals surface area contributed by atoms with E-state index in [2.05, 4.69) is 106 Å². The molecule has 12 aromatic heterocycles. The molecule has 0 aliphatic heterocycles. The molecule has 0 amide bonds. The first-order valence-electron chi connectivity index (χ1n) is 26.5. The van der Waals surface area contributed by atoms with Crippen molar-refractivity contribution in [1.82, 2.24) is 58.3 Å². The van der Waals surface area contributed by atoms with Crippen molar-refractivity contribution in [3.8, 4) is 34.9 Å². The summed E-state index contributed by atoms with van der Waals surface area (Å²) < 4.78 is 20.7. The van der Waals surface area contributed by atoms with Crippen LogP contribution in [0.2, 0.25) is 0 Å². The molecule has 12 heterocycles. The van der Waals surface area contributed by atoms with Gasteiger partial charge >= 0.3 is 20.4 Å². The number of aromatic nitrogens is 12. The molecular weight excluding hydrogens is 1270 g/mol. The van der Waals surface area contributed by atoms with E-state index in [9.17, 15) is 0 Å². The second-order valence-electron chi connectivity index (χ2n) is 19.5. The van der Waals surface area contributed by atoms with E-state index < -0.39 is 11.9 Å². The van der Waals surface area contributed by atoms with Crippen LogP contribution in [0, 0.1) is 26.0 Å². The Hall–Kier alpha value is -10.3. The molecule has 0 aliphatic rings. The minimum Gasteiger partial charge on any atom is -0.481 e. The minimum atomic E-state index is -0.833. The Balaban J connectivity index is 0.000000156. The number of pyridine rings is 8. The van der Waals surface area contributed by atoms with Crippen LogP contribution in [0.1, 0.15) is 25.2 Å². The number of aryl methyl sites for hydroxylation is 2. The maximum Gasteiger partial charge on any atom is 2.00 e. The van der Waals surface area contributed by atoms with E-state index in [-0.39, 0.29) is 40.8 Å². The largest absolute Gasteiger partial charge is 2.00 e. The Morgan fingerprint density at radius 3 is 1.60 bits per heavy atom. The standard InChI is InChI=1S/C31H20N6O.C31H18N6O.2C2H4O2.2Pd/c2*1-19-17-27-31-23(30-25(37(27)35-19)9-6-16-33-30)13-14-29(34-31)38-20-11-12-22-21-7-2-3-8-24(21)36(26(22)18-20)28-10-4-5-15-32-28;2*1-2(3)4;;/h2-18H,1H3;2-16H,1H3;2*1H3,(H,3,4);;/q;-2;;;;+2. The van der Waals surface area contributed by atoms with Crippen molar-refractivity contribution in [3.05, 3.63) is 218 Å². The summed E-state index contributed by atoms with van der Waals surface area (Å²) in [6, 6.07) is 63.1. The summed E-state index contributed by atoms with van der Waals surface area (Å²) in [5.41, 5.74) is 12.6. The topological polar surface area (TPSA) is 215 Å². The third-order valence-electron chi connectivity index (χ3n) is 13.7. The fourth-order valence-corrected chi connectivity index (χ4v) is 10.6. The van der Waals surface area contributed by atoms with Gasteiger partial charge in [-0.1, -0.05) is 76.5 Å². The van der Waals surface area contributed by atoms with E-state index in [0.717, 1.165) is 130 Å². The van der Waals surface area contributed by atoms with Crippen molar-refractivity contribution in [2.45, 2.75) is 27.7 Å². The Kier molecular flexibility index (Phi) is 16.1. The number of rotatable bonds is 6.